The average molecular weight is 476 g/mol. The van der Waals surface area contributed by atoms with Crippen LogP contribution in [0, 0.1) is 6.92 Å². The van der Waals surface area contributed by atoms with E-state index in [0.717, 1.165) is 21.2 Å². The van der Waals surface area contributed by atoms with Crippen molar-refractivity contribution in [3.8, 4) is 0 Å². The van der Waals surface area contributed by atoms with Crippen LogP contribution in [0.3, 0.4) is 0 Å². The number of ether oxygens (including phenoxy) is 1. The highest BCUT2D eigenvalue weighted by molar-refractivity contribution is 7.16. The fourth-order valence-electron chi connectivity index (χ4n) is 3.40. The molecule has 32 heavy (non-hydrogen) atoms. The van der Waals surface area contributed by atoms with Crippen LogP contribution in [0.2, 0.25) is 0 Å². The zero-order chi connectivity index (χ0) is 24.0. The first-order valence-electron chi connectivity index (χ1n) is 10.0. The number of alkyl halides is 2. The lowest BCUT2D eigenvalue weighted by molar-refractivity contribution is -0.00826. The predicted molar refractivity (Wildman–Crippen MR) is 112 cm³/mol. The van der Waals surface area contributed by atoms with E-state index in [1.54, 1.807) is 27.7 Å². The van der Waals surface area contributed by atoms with E-state index in [4.69, 9.17) is 10.5 Å². The number of anilines is 1. The van der Waals surface area contributed by atoms with Gasteiger partial charge < -0.3 is 20.5 Å². The number of nitrogens with zero attached hydrogens (tertiary/aromatic N) is 3. The van der Waals surface area contributed by atoms with E-state index < -0.39 is 43.0 Å². The number of carbonyl (C=O) groups excluding carboxylic acids is 3. The first-order chi connectivity index (χ1) is 14.8. The Kier molecular flexibility index (Phi) is 6.52. The van der Waals surface area contributed by atoms with Crippen molar-refractivity contribution in [2.24, 2.45) is 5.73 Å². The van der Waals surface area contributed by atoms with Crippen LogP contribution in [0.25, 0.3) is 0 Å². The number of nitrogens with one attached hydrogen (secondary N) is 1. The largest absolute Gasteiger partial charge is 0.443 e. The van der Waals surface area contributed by atoms with Gasteiger partial charge in [0.15, 0.2) is 0 Å². The van der Waals surface area contributed by atoms with Gasteiger partial charge in [0, 0.05) is 10.9 Å². The number of thiophene rings is 1. The van der Waals surface area contributed by atoms with Crippen LogP contribution in [-0.4, -0.2) is 64.0 Å². The lowest BCUT2D eigenvalue weighted by atomic mass is 10.1. The molecule has 1 unspecified atom stereocenters. The quantitative estimate of drug-likeness (QED) is 0.561. The van der Waals surface area contributed by atoms with Gasteiger partial charge in [0.2, 0.25) is 6.35 Å². The van der Waals surface area contributed by atoms with E-state index in [9.17, 15) is 28.3 Å². The molecule has 1 aromatic rings. The fourth-order valence-corrected chi connectivity index (χ4v) is 4.71. The molecule has 1 aliphatic carbocycles. The molecule has 13 heteroatoms. The van der Waals surface area contributed by atoms with Crippen molar-refractivity contribution >= 4 is 34.4 Å². The van der Waals surface area contributed by atoms with Crippen molar-refractivity contribution in [3.63, 3.8) is 0 Å². The topological polar surface area (TPSA) is 128 Å². The summed E-state index contributed by atoms with van der Waals surface area (Å²) in [5, 5.41) is 11.7. The molecule has 1 atom stereocenters. The van der Waals surface area contributed by atoms with Gasteiger partial charge in [-0.2, -0.15) is 0 Å². The van der Waals surface area contributed by atoms with Gasteiger partial charge in [0.05, 0.1) is 18.7 Å². The van der Waals surface area contributed by atoms with Crippen LogP contribution in [0.1, 0.15) is 54.4 Å². The lowest BCUT2D eigenvalue weighted by Gasteiger charge is -2.41. The van der Waals surface area contributed by atoms with Crippen molar-refractivity contribution in [1.82, 2.24) is 15.3 Å². The number of halogens is 2. The molecular formula is C19H27F2N5O5S. The average Bonchev–Trinajstić information content (AvgIpc) is 3.40. The van der Waals surface area contributed by atoms with Gasteiger partial charge in [0.25, 0.3) is 12.3 Å². The summed E-state index contributed by atoms with van der Waals surface area (Å²) in [7, 11) is 0. The summed E-state index contributed by atoms with van der Waals surface area (Å²) < 4.78 is 31.6. The molecule has 4 amide bonds. The number of hydrogen-bond donors (Lipinski definition) is 3. The second-order valence-electron chi connectivity index (χ2n) is 8.70. The summed E-state index contributed by atoms with van der Waals surface area (Å²) in [5.74, 6) is -0.453. The summed E-state index contributed by atoms with van der Waals surface area (Å²) >= 11 is 0.983. The predicted octanol–water partition coefficient (Wildman–Crippen LogP) is 2.34. The van der Waals surface area contributed by atoms with Crippen LogP contribution in [-0.2, 0) is 11.3 Å². The van der Waals surface area contributed by atoms with Gasteiger partial charge in [-0.05, 0) is 46.1 Å². The summed E-state index contributed by atoms with van der Waals surface area (Å²) in [6.45, 7) is 5.60. The zero-order valence-corrected chi connectivity index (χ0v) is 19.0. The van der Waals surface area contributed by atoms with Gasteiger partial charge in [0.1, 0.15) is 10.6 Å². The first kappa shape index (κ1) is 24.0. The second kappa shape index (κ2) is 8.70. The molecule has 178 valence electrons. The van der Waals surface area contributed by atoms with E-state index in [0.29, 0.717) is 23.3 Å². The maximum atomic E-state index is 13.2. The van der Waals surface area contributed by atoms with Gasteiger partial charge in [-0.15, -0.1) is 11.3 Å². The number of nitrogens with two attached hydrogens (primary N) is 1. The van der Waals surface area contributed by atoms with Gasteiger partial charge >= 0.3 is 12.1 Å². The number of aliphatic hydroxyl groups excluding tert-OH is 1. The summed E-state index contributed by atoms with van der Waals surface area (Å²) in [6.07, 6.45) is -3.78. The molecule has 10 nitrogen and oxygen atoms in total. The van der Waals surface area contributed by atoms with Gasteiger partial charge in [-0.1, -0.05) is 0 Å². The Hall–Kier alpha value is -2.67. The van der Waals surface area contributed by atoms with E-state index in [1.807, 2.05) is 0 Å². The number of hydrogen-bond acceptors (Lipinski definition) is 7. The van der Waals surface area contributed by atoms with E-state index in [1.165, 1.54) is 4.90 Å². The maximum absolute atomic E-state index is 13.2. The molecule has 0 radical (unpaired) electrons. The Morgan fingerprint density at radius 1 is 1.38 bits per heavy atom. The van der Waals surface area contributed by atoms with Crippen molar-refractivity contribution in [3.05, 3.63) is 16.0 Å². The second-order valence-corrected chi connectivity index (χ2v) is 9.79. The Labute approximate surface area is 187 Å². The third-order valence-corrected chi connectivity index (χ3v) is 6.25. The monoisotopic (exact) mass is 475 g/mol. The van der Waals surface area contributed by atoms with Crippen molar-refractivity contribution in [2.45, 2.75) is 71.5 Å². The van der Waals surface area contributed by atoms with Crippen LogP contribution >= 0.6 is 11.3 Å². The number of rotatable bonds is 5. The Bertz CT molecular complexity index is 915. The molecule has 0 bridgehead atoms. The molecule has 1 fully saturated rings. The standard InChI is InChI=1S/C19H27F2N5O5S/c1-9-11(7-25(16(22)28)23-17(29)31-19(2,3)4)32-15-13(9)14(27)26(10-5-6-10)18(30)24(15)8-12(20)21/h10,12,18,30H,5-8H2,1-4H3,(H2,22,28)(H,23,29). The molecule has 4 N–H and O–H groups in total. The van der Waals surface area contributed by atoms with Crippen molar-refractivity contribution < 1.29 is 33.0 Å². The number of primary amides is 1. The minimum absolute atomic E-state index is 0.189. The summed E-state index contributed by atoms with van der Waals surface area (Å²) in [5.41, 5.74) is 7.48. The van der Waals surface area contributed by atoms with E-state index in [-0.39, 0.29) is 23.2 Å². The number of hydrazine groups is 1. The third kappa shape index (κ3) is 5.04. The Balaban J connectivity index is 1.91. The molecule has 2 aliphatic rings. The van der Waals surface area contributed by atoms with Gasteiger partial charge in [-0.25, -0.2) is 28.8 Å². The molecule has 0 saturated heterocycles. The number of amides is 4. The van der Waals surface area contributed by atoms with E-state index in [2.05, 4.69) is 5.43 Å². The molecule has 2 heterocycles. The number of fused-ring (bicyclic) bond motifs is 1. The van der Waals surface area contributed by atoms with Crippen molar-refractivity contribution in [2.75, 3.05) is 11.4 Å². The molecule has 1 saturated carbocycles. The summed E-state index contributed by atoms with van der Waals surface area (Å²) in [6, 6.07) is -1.18. The molecule has 1 aliphatic heterocycles. The minimum atomic E-state index is -2.74. The molecule has 0 spiro atoms. The Morgan fingerprint density at radius 2 is 2.00 bits per heavy atom. The number of urea groups is 1. The first-order valence-corrected chi connectivity index (χ1v) is 10.9. The summed E-state index contributed by atoms with van der Waals surface area (Å²) in [4.78, 5) is 39.8. The highest BCUT2D eigenvalue weighted by Gasteiger charge is 2.47. The SMILES string of the molecule is Cc1c(CN(NC(=O)OC(C)(C)C)C(N)=O)sc2c1C(=O)N(C1CC1)C(O)N2CC(F)F. The normalized spacial score (nSPS) is 18.6. The smallest absolute Gasteiger partial charge is 0.426 e. The lowest BCUT2D eigenvalue weighted by Crippen LogP contribution is -2.57. The Morgan fingerprint density at radius 3 is 2.50 bits per heavy atom. The molecule has 0 aromatic carbocycles. The minimum Gasteiger partial charge on any atom is -0.443 e. The molecule has 3 rings (SSSR count). The zero-order valence-electron chi connectivity index (χ0n) is 18.2. The number of carbonyl (C=O) groups is 3. The highest BCUT2D eigenvalue weighted by Crippen LogP contribution is 2.44. The van der Waals surface area contributed by atoms with Crippen molar-refractivity contribution in [1.29, 1.82) is 0 Å². The molecular weight excluding hydrogens is 448 g/mol. The van der Waals surface area contributed by atoms with Crippen LogP contribution < -0.4 is 16.1 Å². The van der Waals surface area contributed by atoms with Crippen LogP contribution in [0.15, 0.2) is 0 Å². The van der Waals surface area contributed by atoms with Crippen LogP contribution in [0.4, 0.5) is 23.4 Å². The maximum Gasteiger partial charge on any atom is 0.426 e. The number of aliphatic hydroxyl groups is 1. The molecule has 1 aromatic heterocycles. The van der Waals surface area contributed by atoms with Crippen LogP contribution in [0.5, 0.6) is 0 Å². The van der Waals surface area contributed by atoms with E-state index >= 15 is 0 Å². The van der Waals surface area contributed by atoms with Gasteiger partial charge in [-0.3, -0.25) is 9.69 Å². The fraction of sp³-hybridized carbons (Fsp3) is 0.632. The third-order valence-electron chi connectivity index (χ3n) is 4.93. The highest BCUT2D eigenvalue weighted by atomic mass is 32.1.